The first-order valence-electron chi connectivity index (χ1n) is 5.72. The monoisotopic (exact) mass is 311 g/mol. The van der Waals surface area contributed by atoms with Crippen LogP contribution < -0.4 is 9.36 Å². The molecule has 2 aromatic rings. The number of fused-ring (bicyclic) bond motifs is 1. The molecule has 0 atom stereocenters. The quantitative estimate of drug-likeness (QED) is 0.799. The third-order valence-electron chi connectivity index (χ3n) is 2.59. The summed E-state index contributed by atoms with van der Waals surface area (Å²) in [7, 11) is 6.27. The molecule has 0 aliphatic carbocycles. The molecule has 0 fully saturated rings. The van der Waals surface area contributed by atoms with E-state index < -0.39 is 0 Å². The fourth-order valence-corrected chi connectivity index (χ4v) is 5.28. The zero-order valence-electron chi connectivity index (χ0n) is 10.4. The van der Waals surface area contributed by atoms with Crippen molar-refractivity contribution in [2.45, 2.75) is 6.92 Å². The summed E-state index contributed by atoms with van der Waals surface area (Å²) in [6, 6.07) is 13.2. The molecule has 0 aromatic heterocycles. The van der Waals surface area contributed by atoms with Crippen LogP contribution in [-0.4, -0.2) is 33.7 Å². The van der Waals surface area contributed by atoms with Gasteiger partial charge in [0.1, 0.15) is 0 Å². The second-order valence-electron chi connectivity index (χ2n) is 4.02. The molecule has 17 heavy (non-hydrogen) atoms. The van der Waals surface area contributed by atoms with Crippen molar-refractivity contribution in [2.24, 2.45) is 0 Å². The summed E-state index contributed by atoms with van der Waals surface area (Å²) in [5.41, 5.74) is 1.33. The predicted molar refractivity (Wildman–Crippen MR) is 81.8 cm³/mol. The van der Waals surface area contributed by atoms with Crippen molar-refractivity contribution in [3.05, 3.63) is 36.4 Å². The molecule has 0 amide bonds. The average Bonchev–Trinajstić information content (AvgIpc) is 2.35. The molecule has 2 aromatic carbocycles. The molecule has 0 heterocycles. The van der Waals surface area contributed by atoms with Crippen molar-refractivity contribution in [3.63, 3.8) is 0 Å². The van der Waals surface area contributed by atoms with E-state index in [9.17, 15) is 0 Å². The van der Waals surface area contributed by atoms with E-state index in [1.165, 1.54) is 26.7 Å². The van der Waals surface area contributed by atoms with Gasteiger partial charge in [0.15, 0.2) is 0 Å². The van der Waals surface area contributed by atoms with Crippen molar-refractivity contribution in [1.82, 2.24) is 0 Å². The van der Waals surface area contributed by atoms with Gasteiger partial charge in [-0.3, -0.25) is 0 Å². The van der Waals surface area contributed by atoms with E-state index in [2.05, 4.69) is 62.3 Å². The van der Waals surface area contributed by atoms with Crippen LogP contribution >= 0.6 is 10.2 Å². The summed E-state index contributed by atoms with van der Waals surface area (Å²) in [6.07, 6.45) is 0. The summed E-state index contributed by atoms with van der Waals surface area (Å²) in [5, 5.41) is 2.79. The minimum atomic E-state index is 0.514. The maximum atomic E-state index is 2.28. The van der Waals surface area contributed by atoms with Gasteiger partial charge in [0.25, 0.3) is 0 Å². The topological polar surface area (TPSA) is 3.24 Å². The van der Waals surface area contributed by atoms with E-state index in [1.807, 2.05) is 10.2 Å². The summed E-state index contributed by atoms with van der Waals surface area (Å²) in [5.74, 6) is 1.19. The van der Waals surface area contributed by atoms with E-state index in [0.29, 0.717) is 13.8 Å². The number of hydrogen-bond donors (Lipinski definition) is 0. The Morgan fingerprint density at radius 2 is 1.82 bits per heavy atom. The second kappa shape index (κ2) is 5.81. The number of hydrogen-bond acceptors (Lipinski definition) is 2. The summed E-state index contributed by atoms with van der Waals surface area (Å²) in [6.45, 7) is 2.23. The fraction of sp³-hybridized carbons (Fsp3) is 0.286. The van der Waals surface area contributed by atoms with Gasteiger partial charge >= 0.3 is 113 Å². The van der Waals surface area contributed by atoms with Crippen LogP contribution in [-0.2, 0) is 0 Å². The van der Waals surface area contributed by atoms with Crippen molar-refractivity contribution < 1.29 is 0 Å². The molecule has 0 saturated carbocycles. The van der Waals surface area contributed by atoms with Crippen molar-refractivity contribution in [1.29, 1.82) is 0 Å². The second-order valence-corrected chi connectivity index (χ2v) is 8.45. The van der Waals surface area contributed by atoms with E-state index in [-0.39, 0.29) is 0 Å². The predicted octanol–water partition coefficient (Wildman–Crippen LogP) is 2.90. The van der Waals surface area contributed by atoms with Crippen molar-refractivity contribution >= 4 is 44.9 Å². The Morgan fingerprint density at radius 1 is 1.12 bits per heavy atom. The van der Waals surface area contributed by atoms with Crippen LogP contribution in [0.5, 0.6) is 0 Å². The van der Waals surface area contributed by atoms with Gasteiger partial charge in [-0.25, -0.2) is 0 Å². The third-order valence-corrected chi connectivity index (χ3v) is 7.20. The van der Waals surface area contributed by atoms with E-state index in [4.69, 9.17) is 0 Å². The molecular weight excluding hydrogens is 293 g/mol. The molecule has 0 radical (unpaired) electrons. The Kier molecular flexibility index (Phi) is 4.38. The number of rotatable bonds is 4. The average molecular weight is 310 g/mol. The summed E-state index contributed by atoms with van der Waals surface area (Å²) < 4.78 is 1.51. The Bertz CT molecular complexity index is 505. The van der Waals surface area contributed by atoms with Crippen LogP contribution in [0.4, 0.5) is 5.69 Å². The minimum absolute atomic E-state index is 0.514. The molecule has 0 aliphatic heterocycles. The SMILES string of the molecule is CCS[Se]c1cccc2cccc(N(C)C)c12. The maximum absolute atomic E-state index is 2.28. The zero-order valence-corrected chi connectivity index (χ0v) is 13.0. The van der Waals surface area contributed by atoms with E-state index >= 15 is 0 Å². The molecule has 2 rings (SSSR count). The summed E-state index contributed by atoms with van der Waals surface area (Å²) >= 11 is 0.514. The molecule has 0 saturated heterocycles. The van der Waals surface area contributed by atoms with Crippen LogP contribution in [0.1, 0.15) is 6.92 Å². The molecule has 0 aliphatic rings. The number of anilines is 1. The van der Waals surface area contributed by atoms with Crippen molar-refractivity contribution in [3.8, 4) is 0 Å². The van der Waals surface area contributed by atoms with Crippen molar-refractivity contribution in [2.75, 3.05) is 24.7 Å². The van der Waals surface area contributed by atoms with Crippen LogP contribution in [0.25, 0.3) is 10.8 Å². The van der Waals surface area contributed by atoms with E-state index in [0.717, 1.165) is 0 Å². The third kappa shape index (κ3) is 2.79. The van der Waals surface area contributed by atoms with Gasteiger partial charge in [0, 0.05) is 0 Å². The van der Waals surface area contributed by atoms with Gasteiger partial charge < -0.3 is 0 Å². The molecular formula is C14H17NSSe. The molecule has 0 bridgehead atoms. The fourth-order valence-electron chi connectivity index (χ4n) is 1.85. The van der Waals surface area contributed by atoms with Crippen LogP contribution in [0, 0.1) is 0 Å². The van der Waals surface area contributed by atoms with Crippen LogP contribution in [0.15, 0.2) is 36.4 Å². The van der Waals surface area contributed by atoms with Gasteiger partial charge in [-0.2, -0.15) is 0 Å². The van der Waals surface area contributed by atoms with Gasteiger partial charge in [0.05, 0.1) is 0 Å². The number of benzene rings is 2. The van der Waals surface area contributed by atoms with Gasteiger partial charge in [-0.1, -0.05) is 0 Å². The standard InChI is InChI=1S/C14H17NSSe/c1-4-16-17-13-10-6-8-11-7-5-9-12(14(11)13)15(2)3/h5-10H,4H2,1-3H3. The normalized spacial score (nSPS) is 10.8. The molecule has 0 N–H and O–H groups in total. The molecule has 0 unspecified atom stereocenters. The Labute approximate surface area is 113 Å². The zero-order chi connectivity index (χ0) is 12.3. The van der Waals surface area contributed by atoms with Gasteiger partial charge in [-0.15, -0.1) is 0 Å². The molecule has 90 valence electrons. The van der Waals surface area contributed by atoms with E-state index in [1.54, 1.807) is 0 Å². The van der Waals surface area contributed by atoms with Gasteiger partial charge in [0.2, 0.25) is 0 Å². The first-order chi connectivity index (χ1) is 8.24. The summed E-state index contributed by atoms with van der Waals surface area (Å²) in [4.78, 5) is 2.21. The first-order valence-corrected chi connectivity index (χ1v) is 9.59. The molecule has 3 heteroatoms. The van der Waals surface area contributed by atoms with Crippen LogP contribution in [0.3, 0.4) is 0 Å². The number of nitrogens with zero attached hydrogens (tertiary/aromatic N) is 1. The Balaban J connectivity index is 2.58. The van der Waals surface area contributed by atoms with Crippen LogP contribution in [0.2, 0.25) is 0 Å². The Morgan fingerprint density at radius 3 is 2.47 bits per heavy atom. The van der Waals surface area contributed by atoms with Gasteiger partial charge in [-0.05, 0) is 0 Å². The first kappa shape index (κ1) is 12.8. The molecule has 0 spiro atoms. The Hall–Kier alpha value is -0.631. The molecule has 1 nitrogen and oxygen atoms in total.